The van der Waals surface area contributed by atoms with Crippen LogP contribution in [0.25, 0.3) is 12.2 Å². The molecule has 0 radical (unpaired) electrons. The van der Waals surface area contributed by atoms with E-state index in [9.17, 15) is 9.18 Å². The van der Waals surface area contributed by atoms with Gasteiger partial charge in [-0.1, -0.05) is 48.6 Å². The topological polar surface area (TPSA) is 35.6 Å². The maximum atomic E-state index is 13.2. The largest absolute Gasteiger partial charge is 0.369 e. The molecule has 5 heteroatoms. The number of anilines is 2. The van der Waals surface area contributed by atoms with Gasteiger partial charge in [0.05, 0.1) is 0 Å². The van der Waals surface area contributed by atoms with E-state index < -0.39 is 0 Å². The second-order valence-electron chi connectivity index (χ2n) is 9.04. The van der Waals surface area contributed by atoms with Gasteiger partial charge in [0.2, 0.25) is 5.91 Å². The van der Waals surface area contributed by atoms with Crippen molar-refractivity contribution in [2.75, 3.05) is 42.9 Å². The van der Waals surface area contributed by atoms with Gasteiger partial charge in [-0.15, -0.1) is 0 Å². The van der Waals surface area contributed by atoms with Crippen LogP contribution in [-0.2, 0) is 11.2 Å². The summed E-state index contributed by atoms with van der Waals surface area (Å²) in [7, 11) is 0. The van der Waals surface area contributed by atoms with Crippen LogP contribution in [0.3, 0.4) is 0 Å². The number of nitrogens with zero attached hydrogens (tertiary/aromatic N) is 2. The van der Waals surface area contributed by atoms with Crippen molar-refractivity contribution in [2.45, 2.75) is 19.3 Å². The van der Waals surface area contributed by atoms with Crippen LogP contribution in [0.4, 0.5) is 15.8 Å². The number of halogens is 1. The van der Waals surface area contributed by atoms with Crippen LogP contribution in [0.2, 0.25) is 0 Å². The number of hydrogen-bond donors (Lipinski definition) is 1. The number of amides is 1. The van der Waals surface area contributed by atoms with Crippen molar-refractivity contribution in [3.8, 4) is 0 Å². The Morgan fingerprint density at radius 3 is 2.44 bits per heavy atom. The first-order chi connectivity index (χ1) is 16.7. The van der Waals surface area contributed by atoms with Crippen LogP contribution in [0.1, 0.15) is 35.1 Å². The number of nitrogens with one attached hydrogen (secondary N) is 1. The Morgan fingerprint density at radius 2 is 1.62 bits per heavy atom. The average molecular weight is 456 g/mol. The van der Waals surface area contributed by atoms with E-state index in [1.165, 1.54) is 28.8 Å². The third-order valence-corrected chi connectivity index (χ3v) is 6.78. The highest BCUT2D eigenvalue weighted by Crippen LogP contribution is 2.29. The number of piperazine rings is 1. The molecule has 0 saturated carbocycles. The highest BCUT2D eigenvalue weighted by atomic mass is 19.1. The average Bonchev–Trinajstić information content (AvgIpc) is 3.05. The van der Waals surface area contributed by atoms with E-state index >= 15 is 0 Å². The Labute approximate surface area is 200 Å². The molecular formula is C29H30FN3O. The van der Waals surface area contributed by atoms with E-state index in [1.54, 1.807) is 0 Å². The number of rotatable bonds is 6. The Bertz CT molecular complexity index is 1180. The second-order valence-corrected chi connectivity index (χ2v) is 9.04. The summed E-state index contributed by atoms with van der Waals surface area (Å²) in [5.74, 6) is -0.137. The predicted molar refractivity (Wildman–Crippen MR) is 138 cm³/mol. The van der Waals surface area contributed by atoms with Gasteiger partial charge >= 0.3 is 0 Å². The van der Waals surface area contributed by atoms with E-state index in [2.05, 4.69) is 57.6 Å². The van der Waals surface area contributed by atoms with Crippen LogP contribution in [0, 0.1) is 5.82 Å². The van der Waals surface area contributed by atoms with E-state index in [4.69, 9.17) is 0 Å². The zero-order valence-electron chi connectivity index (χ0n) is 19.3. The molecule has 174 valence electrons. The fraction of sp³-hybridized carbons (Fsp3) is 0.276. The van der Waals surface area contributed by atoms with Gasteiger partial charge in [-0.3, -0.25) is 9.69 Å². The summed E-state index contributed by atoms with van der Waals surface area (Å²) in [6.07, 6.45) is 6.47. The molecule has 1 aliphatic heterocycles. The first kappa shape index (κ1) is 22.4. The molecule has 0 atom stereocenters. The molecular weight excluding hydrogens is 425 g/mol. The van der Waals surface area contributed by atoms with Crippen LogP contribution in [0.5, 0.6) is 0 Å². The highest BCUT2D eigenvalue weighted by molar-refractivity contribution is 5.94. The summed E-state index contributed by atoms with van der Waals surface area (Å²) in [5, 5.41) is 3.15. The monoisotopic (exact) mass is 455 g/mol. The van der Waals surface area contributed by atoms with Gasteiger partial charge in [-0.25, -0.2) is 4.39 Å². The van der Waals surface area contributed by atoms with Crippen LogP contribution in [0.15, 0.2) is 66.7 Å². The van der Waals surface area contributed by atoms with E-state index in [0.29, 0.717) is 6.42 Å². The van der Waals surface area contributed by atoms with Crippen molar-refractivity contribution in [3.63, 3.8) is 0 Å². The summed E-state index contributed by atoms with van der Waals surface area (Å²) >= 11 is 0. The van der Waals surface area contributed by atoms with Crippen molar-refractivity contribution in [1.82, 2.24) is 4.90 Å². The fourth-order valence-corrected chi connectivity index (χ4v) is 4.87. The maximum absolute atomic E-state index is 13.2. The summed E-state index contributed by atoms with van der Waals surface area (Å²) in [4.78, 5) is 17.4. The van der Waals surface area contributed by atoms with Crippen LogP contribution >= 0.6 is 0 Å². The number of fused-ring (bicyclic) bond motifs is 2. The third kappa shape index (κ3) is 5.20. The van der Waals surface area contributed by atoms with Gasteiger partial charge in [0, 0.05) is 49.5 Å². The van der Waals surface area contributed by atoms with Crippen molar-refractivity contribution >= 4 is 29.4 Å². The summed E-state index contributed by atoms with van der Waals surface area (Å²) < 4.78 is 13.2. The van der Waals surface area contributed by atoms with Gasteiger partial charge in [0.1, 0.15) is 5.82 Å². The molecule has 1 heterocycles. The van der Waals surface area contributed by atoms with Gasteiger partial charge in [-0.05, 0) is 66.4 Å². The Hall–Kier alpha value is -3.44. The minimum atomic E-state index is -0.201. The molecule has 0 unspecified atom stereocenters. The Morgan fingerprint density at radius 1 is 0.853 bits per heavy atom. The molecule has 1 N–H and O–H groups in total. The van der Waals surface area contributed by atoms with Crippen molar-refractivity contribution < 1.29 is 9.18 Å². The summed E-state index contributed by atoms with van der Waals surface area (Å²) in [5.41, 5.74) is 6.83. The molecule has 5 rings (SSSR count). The van der Waals surface area contributed by atoms with Crippen molar-refractivity contribution in [1.29, 1.82) is 0 Å². The van der Waals surface area contributed by atoms with Gasteiger partial charge in [-0.2, -0.15) is 0 Å². The van der Waals surface area contributed by atoms with Crippen LogP contribution < -0.4 is 10.2 Å². The molecule has 3 aromatic carbocycles. The maximum Gasteiger partial charge on any atom is 0.224 e. The zero-order chi connectivity index (χ0) is 23.3. The molecule has 1 fully saturated rings. The lowest BCUT2D eigenvalue weighted by atomic mass is 9.99. The minimum absolute atomic E-state index is 0.0634. The van der Waals surface area contributed by atoms with Crippen molar-refractivity contribution in [3.05, 3.63) is 94.8 Å². The van der Waals surface area contributed by atoms with E-state index in [1.807, 2.05) is 24.3 Å². The predicted octanol–water partition coefficient (Wildman–Crippen LogP) is 5.44. The first-order valence-electron chi connectivity index (χ1n) is 12.1. The number of carbonyl (C=O) groups excluding carboxylic acids is 1. The molecule has 34 heavy (non-hydrogen) atoms. The molecule has 0 bridgehead atoms. The molecule has 0 spiro atoms. The second kappa shape index (κ2) is 10.2. The van der Waals surface area contributed by atoms with Crippen molar-refractivity contribution in [2.24, 2.45) is 0 Å². The van der Waals surface area contributed by atoms with E-state index in [0.717, 1.165) is 62.5 Å². The van der Waals surface area contributed by atoms with E-state index in [-0.39, 0.29) is 11.7 Å². The highest BCUT2D eigenvalue weighted by Gasteiger charge is 2.18. The summed E-state index contributed by atoms with van der Waals surface area (Å²) in [6, 6.07) is 21.3. The molecule has 1 aliphatic carbocycles. The summed E-state index contributed by atoms with van der Waals surface area (Å²) in [6.45, 7) is 4.66. The number of benzene rings is 3. The SMILES string of the molecule is O=C(CCCN1CCN(c2ccc(F)cc2)CC1)Nc1cccc2c1C=Cc1ccccc1C2. The molecule has 2 aliphatic rings. The fourth-order valence-electron chi connectivity index (χ4n) is 4.87. The van der Waals surface area contributed by atoms with Crippen LogP contribution in [-0.4, -0.2) is 43.5 Å². The normalized spacial score (nSPS) is 15.4. The lowest BCUT2D eigenvalue weighted by Crippen LogP contribution is -2.46. The third-order valence-electron chi connectivity index (χ3n) is 6.78. The smallest absolute Gasteiger partial charge is 0.224 e. The minimum Gasteiger partial charge on any atom is -0.369 e. The van der Waals surface area contributed by atoms with Gasteiger partial charge in [0.15, 0.2) is 0 Å². The first-order valence-corrected chi connectivity index (χ1v) is 12.1. The standard InChI is InChI=1S/C29H30FN3O/c30-25-11-13-26(14-12-25)33-19-17-32(18-20-33)16-4-9-29(34)31-28-8-3-7-24-21-23-6-2-1-5-22(23)10-15-27(24)28/h1-3,5-8,10-15H,4,9,16-21H2,(H,31,34). The Kier molecular flexibility index (Phi) is 6.72. The lowest BCUT2D eigenvalue weighted by molar-refractivity contribution is -0.116. The molecule has 1 saturated heterocycles. The zero-order valence-corrected chi connectivity index (χ0v) is 19.3. The number of carbonyl (C=O) groups is 1. The van der Waals surface area contributed by atoms with Gasteiger partial charge in [0.25, 0.3) is 0 Å². The van der Waals surface area contributed by atoms with Gasteiger partial charge < -0.3 is 10.2 Å². The molecule has 0 aromatic heterocycles. The lowest BCUT2D eigenvalue weighted by Gasteiger charge is -2.36. The molecule has 4 nitrogen and oxygen atoms in total. The molecule has 3 aromatic rings. The number of hydrogen-bond acceptors (Lipinski definition) is 3. The quantitative estimate of drug-likeness (QED) is 0.420. The molecule has 1 amide bonds. The Balaban J connectivity index is 1.11.